The second-order valence-corrected chi connectivity index (χ2v) is 6.60. The van der Waals surface area contributed by atoms with E-state index in [-0.39, 0.29) is 5.03 Å². The molecular weight excluding hydrogens is 292 g/mol. The average Bonchev–Trinajstić information content (AvgIpc) is 2.92. The molecule has 2 aromatic rings. The molecule has 0 radical (unpaired) electrons. The number of rotatable bonds is 3. The molecule has 0 N–H and O–H groups in total. The molecule has 1 aliphatic heterocycles. The molecule has 1 saturated heterocycles. The SMILES string of the molecule is Cc1nc(S(=O)(=O)N2CCOCC2)c(-c2ccccc2)o1. The highest BCUT2D eigenvalue weighted by Gasteiger charge is 2.32. The lowest BCUT2D eigenvalue weighted by Gasteiger charge is -2.25. The van der Waals surface area contributed by atoms with Gasteiger partial charge in [0.1, 0.15) is 0 Å². The second-order valence-electron chi connectivity index (χ2n) is 4.75. The summed E-state index contributed by atoms with van der Waals surface area (Å²) in [7, 11) is -3.67. The van der Waals surface area contributed by atoms with Gasteiger partial charge < -0.3 is 9.15 Å². The fraction of sp³-hybridized carbons (Fsp3) is 0.357. The van der Waals surface area contributed by atoms with E-state index in [1.54, 1.807) is 19.1 Å². The van der Waals surface area contributed by atoms with Crippen molar-refractivity contribution in [2.75, 3.05) is 26.3 Å². The van der Waals surface area contributed by atoms with Crippen LogP contribution in [0.25, 0.3) is 11.3 Å². The number of nitrogens with zero attached hydrogens (tertiary/aromatic N) is 2. The summed E-state index contributed by atoms with van der Waals surface area (Å²) in [5, 5.41) is -0.0203. The normalized spacial score (nSPS) is 17.0. The van der Waals surface area contributed by atoms with Crippen LogP contribution in [0.2, 0.25) is 0 Å². The van der Waals surface area contributed by atoms with Gasteiger partial charge in [0, 0.05) is 25.6 Å². The smallest absolute Gasteiger partial charge is 0.264 e. The number of ether oxygens (including phenoxy) is 1. The van der Waals surface area contributed by atoms with E-state index in [1.165, 1.54) is 4.31 Å². The van der Waals surface area contributed by atoms with Gasteiger partial charge in [-0.25, -0.2) is 13.4 Å². The maximum atomic E-state index is 12.7. The number of hydrogen-bond donors (Lipinski definition) is 0. The maximum absolute atomic E-state index is 12.7. The Labute approximate surface area is 123 Å². The van der Waals surface area contributed by atoms with Gasteiger partial charge in [-0.05, 0) is 0 Å². The zero-order chi connectivity index (χ0) is 14.9. The Hall–Kier alpha value is -1.70. The number of aromatic nitrogens is 1. The number of sulfonamides is 1. The van der Waals surface area contributed by atoms with Crippen LogP contribution < -0.4 is 0 Å². The molecule has 7 heteroatoms. The molecule has 0 amide bonds. The minimum absolute atomic E-state index is 0.0203. The summed E-state index contributed by atoms with van der Waals surface area (Å²) >= 11 is 0. The molecule has 0 spiro atoms. The molecule has 112 valence electrons. The highest BCUT2D eigenvalue weighted by atomic mass is 32.2. The molecule has 2 heterocycles. The van der Waals surface area contributed by atoms with Gasteiger partial charge in [0.05, 0.1) is 13.2 Å². The first-order valence-corrected chi connectivity index (χ1v) is 8.14. The van der Waals surface area contributed by atoms with E-state index in [0.29, 0.717) is 43.5 Å². The third-order valence-electron chi connectivity index (χ3n) is 3.29. The summed E-state index contributed by atoms with van der Waals surface area (Å²) in [4.78, 5) is 4.10. The van der Waals surface area contributed by atoms with Crippen LogP contribution in [0.5, 0.6) is 0 Å². The van der Waals surface area contributed by atoms with Crippen molar-refractivity contribution in [2.45, 2.75) is 11.9 Å². The van der Waals surface area contributed by atoms with E-state index in [4.69, 9.17) is 9.15 Å². The fourth-order valence-corrected chi connectivity index (χ4v) is 3.78. The molecule has 0 aliphatic carbocycles. The Morgan fingerprint density at radius 3 is 2.48 bits per heavy atom. The van der Waals surface area contributed by atoms with Crippen molar-refractivity contribution < 1.29 is 17.6 Å². The van der Waals surface area contributed by atoms with Gasteiger partial charge in [-0.3, -0.25) is 0 Å². The first-order chi connectivity index (χ1) is 10.1. The lowest BCUT2D eigenvalue weighted by molar-refractivity contribution is 0.0729. The van der Waals surface area contributed by atoms with Gasteiger partial charge in [0.25, 0.3) is 10.0 Å². The summed E-state index contributed by atoms with van der Waals surface area (Å²) < 4.78 is 37.6. The molecule has 0 unspecified atom stereocenters. The van der Waals surface area contributed by atoms with Crippen molar-refractivity contribution in [1.29, 1.82) is 0 Å². The van der Waals surface area contributed by atoms with E-state index < -0.39 is 10.0 Å². The zero-order valence-electron chi connectivity index (χ0n) is 11.7. The molecule has 1 fully saturated rings. The Morgan fingerprint density at radius 2 is 1.81 bits per heavy atom. The topological polar surface area (TPSA) is 72.6 Å². The first-order valence-electron chi connectivity index (χ1n) is 6.70. The molecule has 1 aromatic heterocycles. The van der Waals surface area contributed by atoms with Gasteiger partial charge in [-0.2, -0.15) is 4.31 Å². The van der Waals surface area contributed by atoms with Crippen molar-refractivity contribution in [3.8, 4) is 11.3 Å². The monoisotopic (exact) mass is 308 g/mol. The highest BCUT2D eigenvalue weighted by molar-refractivity contribution is 7.89. The second kappa shape index (κ2) is 5.59. The number of morpholine rings is 1. The van der Waals surface area contributed by atoms with Crippen molar-refractivity contribution in [1.82, 2.24) is 9.29 Å². The van der Waals surface area contributed by atoms with Crippen LogP contribution in [0.3, 0.4) is 0 Å². The molecule has 0 saturated carbocycles. The molecule has 0 atom stereocenters. The fourth-order valence-electron chi connectivity index (χ4n) is 2.26. The number of hydrogen-bond acceptors (Lipinski definition) is 5. The van der Waals surface area contributed by atoms with Gasteiger partial charge in [-0.15, -0.1) is 0 Å². The minimum atomic E-state index is -3.67. The third-order valence-corrected chi connectivity index (χ3v) is 5.10. The van der Waals surface area contributed by atoms with E-state index >= 15 is 0 Å². The first kappa shape index (κ1) is 14.2. The summed E-state index contributed by atoms with van der Waals surface area (Å²) in [5.74, 6) is 0.625. The third kappa shape index (κ3) is 2.72. The molecule has 6 nitrogen and oxygen atoms in total. The summed E-state index contributed by atoms with van der Waals surface area (Å²) in [5.41, 5.74) is 0.699. The molecule has 3 rings (SSSR count). The lowest BCUT2D eigenvalue weighted by atomic mass is 10.2. The average molecular weight is 308 g/mol. The van der Waals surface area contributed by atoms with Crippen LogP contribution >= 0.6 is 0 Å². The molecule has 21 heavy (non-hydrogen) atoms. The Bertz CT molecular complexity index is 719. The summed E-state index contributed by atoms with van der Waals surface area (Å²) in [6.45, 7) is 3.11. The van der Waals surface area contributed by atoms with Crippen molar-refractivity contribution in [2.24, 2.45) is 0 Å². The predicted molar refractivity (Wildman–Crippen MR) is 76.3 cm³/mol. The molecule has 1 aromatic carbocycles. The number of oxazole rings is 1. The Balaban J connectivity index is 2.06. The minimum Gasteiger partial charge on any atom is -0.440 e. The highest BCUT2D eigenvalue weighted by Crippen LogP contribution is 2.30. The van der Waals surface area contributed by atoms with Crippen LogP contribution in [0, 0.1) is 6.92 Å². The quantitative estimate of drug-likeness (QED) is 0.862. The molecule has 1 aliphatic rings. The summed E-state index contributed by atoms with van der Waals surface area (Å²) in [6, 6.07) is 9.14. The van der Waals surface area contributed by atoms with Crippen molar-refractivity contribution in [3.63, 3.8) is 0 Å². The molecular formula is C14H16N2O4S. The van der Waals surface area contributed by atoms with Crippen molar-refractivity contribution in [3.05, 3.63) is 36.2 Å². The Morgan fingerprint density at radius 1 is 1.14 bits per heavy atom. The van der Waals surface area contributed by atoms with Gasteiger partial charge >= 0.3 is 0 Å². The van der Waals surface area contributed by atoms with Crippen LogP contribution in [0.4, 0.5) is 0 Å². The van der Waals surface area contributed by atoms with Crippen molar-refractivity contribution >= 4 is 10.0 Å². The van der Waals surface area contributed by atoms with Gasteiger partial charge in [0.2, 0.25) is 5.03 Å². The summed E-state index contributed by atoms with van der Waals surface area (Å²) in [6.07, 6.45) is 0. The molecule has 0 bridgehead atoms. The van der Waals surface area contributed by atoms with E-state index in [1.807, 2.05) is 18.2 Å². The zero-order valence-corrected chi connectivity index (χ0v) is 12.5. The largest absolute Gasteiger partial charge is 0.440 e. The van der Waals surface area contributed by atoms with Gasteiger partial charge in [0.15, 0.2) is 11.7 Å². The standard InChI is InChI=1S/C14H16N2O4S/c1-11-15-14(13(20-11)12-5-3-2-4-6-12)21(17,18)16-7-9-19-10-8-16/h2-6H,7-10H2,1H3. The lowest BCUT2D eigenvalue weighted by Crippen LogP contribution is -2.40. The van der Waals surface area contributed by atoms with Gasteiger partial charge in [-0.1, -0.05) is 30.3 Å². The predicted octanol–water partition coefficient (Wildman–Crippen LogP) is 1.67. The van der Waals surface area contributed by atoms with Crippen LogP contribution in [-0.4, -0.2) is 44.0 Å². The number of benzene rings is 1. The van der Waals surface area contributed by atoms with Crippen LogP contribution in [0.1, 0.15) is 5.89 Å². The van der Waals surface area contributed by atoms with E-state index in [9.17, 15) is 8.42 Å². The maximum Gasteiger partial charge on any atom is 0.264 e. The van der Waals surface area contributed by atoms with E-state index in [0.717, 1.165) is 0 Å². The van der Waals surface area contributed by atoms with E-state index in [2.05, 4.69) is 4.98 Å². The van der Waals surface area contributed by atoms with Crippen LogP contribution in [0.15, 0.2) is 39.8 Å². The number of aryl methyl sites for hydroxylation is 1. The Kier molecular flexibility index (Phi) is 3.79. The van der Waals surface area contributed by atoms with Crippen LogP contribution in [-0.2, 0) is 14.8 Å².